The van der Waals surface area contributed by atoms with Crippen molar-refractivity contribution < 1.29 is 14.6 Å². The van der Waals surface area contributed by atoms with Gasteiger partial charge < -0.3 is 14.7 Å². The van der Waals surface area contributed by atoms with Crippen LogP contribution in [0.15, 0.2) is 0 Å². The summed E-state index contributed by atoms with van der Waals surface area (Å²) < 4.78 is 5.25. The summed E-state index contributed by atoms with van der Waals surface area (Å²) in [6, 6.07) is 0. The van der Waals surface area contributed by atoms with E-state index in [4.69, 9.17) is 9.84 Å². The van der Waals surface area contributed by atoms with Gasteiger partial charge in [-0.25, -0.2) is 0 Å². The number of carbonyl (C=O) groups excluding carboxylic acids is 1. The van der Waals surface area contributed by atoms with Crippen LogP contribution in [0.5, 0.6) is 0 Å². The van der Waals surface area contributed by atoms with Crippen LogP contribution in [0.25, 0.3) is 0 Å². The fraction of sp³-hybridized carbons (Fsp3) is 0.909. The second-order valence-electron chi connectivity index (χ2n) is 3.80. The Kier molecular flexibility index (Phi) is 6.52. The molecule has 90 valence electrons. The smallest absolute Gasteiger partial charge is 0.254 e. The number of aliphatic hydroxyl groups is 1. The van der Waals surface area contributed by atoms with E-state index in [0.717, 1.165) is 6.42 Å². The van der Waals surface area contributed by atoms with Crippen molar-refractivity contribution >= 4 is 5.91 Å². The fourth-order valence-electron chi connectivity index (χ4n) is 1.42. The molecule has 0 fully saturated rings. The lowest BCUT2D eigenvalue weighted by molar-refractivity contribution is -0.153. The summed E-state index contributed by atoms with van der Waals surface area (Å²) in [5.74, 6) is -0.0385. The average molecular weight is 217 g/mol. The maximum Gasteiger partial charge on any atom is 0.254 e. The number of hydrogen-bond donors (Lipinski definition) is 1. The highest BCUT2D eigenvalue weighted by atomic mass is 16.5. The van der Waals surface area contributed by atoms with E-state index in [1.165, 1.54) is 0 Å². The lowest BCUT2D eigenvalue weighted by Gasteiger charge is -2.32. The van der Waals surface area contributed by atoms with Crippen molar-refractivity contribution in [3.63, 3.8) is 0 Å². The van der Waals surface area contributed by atoms with Gasteiger partial charge in [0.25, 0.3) is 5.91 Å². The molecular formula is C11H23NO3. The highest BCUT2D eigenvalue weighted by Crippen LogP contribution is 2.17. The first kappa shape index (κ1) is 14.4. The molecule has 1 atom stereocenters. The molecule has 0 aromatic carbocycles. The highest BCUT2D eigenvalue weighted by molar-refractivity contribution is 5.84. The summed E-state index contributed by atoms with van der Waals surface area (Å²) in [6.07, 6.45) is 1.52. The molecule has 0 bridgehead atoms. The third-order valence-electron chi connectivity index (χ3n) is 2.73. The van der Waals surface area contributed by atoms with E-state index < -0.39 is 5.60 Å². The molecule has 1 amide bonds. The molecule has 1 N–H and O–H groups in total. The second-order valence-corrected chi connectivity index (χ2v) is 3.80. The Morgan fingerprint density at radius 1 is 1.40 bits per heavy atom. The molecule has 0 radical (unpaired) electrons. The monoisotopic (exact) mass is 217 g/mol. The minimum absolute atomic E-state index is 0.00471. The molecular weight excluding hydrogens is 194 g/mol. The Morgan fingerprint density at radius 3 is 2.33 bits per heavy atom. The number of amides is 1. The molecule has 0 aromatic rings. The minimum atomic E-state index is -0.760. The molecule has 4 heteroatoms. The SMILES string of the molecule is CCCN(CCO)C(=O)C(C)(CC)OC. The van der Waals surface area contributed by atoms with Crippen molar-refractivity contribution in [1.82, 2.24) is 4.90 Å². The fourth-order valence-corrected chi connectivity index (χ4v) is 1.42. The van der Waals surface area contributed by atoms with Gasteiger partial charge in [0.15, 0.2) is 0 Å². The Hall–Kier alpha value is -0.610. The molecule has 0 aliphatic carbocycles. The van der Waals surface area contributed by atoms with Crippen LogP contribution < -0.4 is 0 Å². The molecule has 0 aliphatic rings. The van der Waals surface area contributed by atoms with Crippen molar-refractivity contribution in [2.45, 2.75) is 39.2 Å². The minimum Gasteiger partial charge on any atom is -0.395 e. The summed E-state index contributed by atoms with van der Waals surface area (Å²) in [7, 11) is 1.55. The molecule has 0 spiro atoms. The second kappa shape index (κ2) is 6.80. The Morgan fingerprint density at radius 2 is 2.00 bits per heavy atom. The number of rotatable bonds is 7. The first-order chi connectivity index (χ1) is 7.05. The Labute approximate surface area is 92.2 Å². The molecule has 1 unspecified atom stereocenters. The van der Waals surface area contributed by atoms with E-state index in [1.54, 1.807) is 18.9 Å². The predicted molar refractivity (Wildman–Crippen MR) is 59.7 cm³/mol. The van der Waals surface area contributed by atoms with E-state index in [-0.39, 0.29) is 12.5 Å². The summed E-state index contributed by atoms with van der Waals surface area (Å²) in [6.45, 7) is 6.76. The Balaban J connectivity index is 4.59. The van der Waals surface area contributed by atoms with Gasteiger partial charge in [0.05, 0.1) is 6.61 Å². The van der Waals surface area contributed by atoms with Crippen LogP contribution in [0.3, 0.4) is 0 Å². The van der Waals surface area contributed by atoms with Crippen LogP contribution >= 0.6 is 0 Å². The van der Waals surface area contributed by atoms with Crippen LogP contribution in [0.1, 0.15) is 33.6 Å². The zero-order chi connectivity index (χ0) is 11.9. The van der Waals surface area contributed by atoms with E-state index in [1.807, 2.05) is 13.8 Å². The van der Waals surface area contributed by atoms with Gasteiger partial charge in [-0.05, 0) is 19.8 Å². The first-order valence-electron chi connectivity index (χ1n) is 5.51. The summed E-state index contributed by atoms with van der Waals surface area (Å²) in [5, 5.41) is 8.89. The van der Waals surface area contributed by atoms with Gasteiger partial charge in [0.1, 0.15) is 5.60 Å². The summed E-state index contributed by atoms with van der Waals surface area (Å²) in [5.41, 5.74) is -0.760. The normalized spacial score (nSPS) is 14.7. The van der Waals surface area contributed by atoms with Crippen LogP contribution in [-0.4, -0.2) is 48.3 Å². The van der Waals surface area contributed by atoms with Crippen LogP contribution in [0.2, 0.25) is 0 Å². The number of ether oxygens (including phenoxy) is 1. The van der Waals surface area contributed by atoms with Gasteiger partial charge in [0, 0.05) is 20.2 Å². The van der Waals surface area contributed by atoms with Crippen LogP contribution in [-0.2, 0) is 9.53 Å². The predicted octanol–water partition coefficient (Wildman–Crippen LogP) is 1.03. The van der Waals surface area contributed by atoms with Crippen molar-refractivity contribution in [1.29, 1.82) is 0 Å². The number of nitrogens with zero attached hydrogens (tertiary/aromatic N) is 1. The Bertz CT molecular complexity index is 184. The molecule has 0 aliphatic heterocycles. The highest BCUT2D eigenvalue weighted by Gasteiger charge is 2.34. The van der Waals surface area contributed by atoms with Gasteiger partial charge >= 0.3 is 0 Å². The van der Waals surface area contributed by atoms with E-state index in [9.17, 15) is 4.79 Å². The number of aliphatic hydroxyl groups excluding tert-OH is 1. The third-order valence-corrected chi connectivity index (χ3v) is 2.73. The zero-order valence-electron chi connectivity index (χ0n) is 10.2. The number of methoxy groups -OCH3 is 1. The average Bonchev–Trinajstić information content (AvgIpc) is 2.26. The van der Waals surface area contributed by atoms with Gasteiger partial charge in [-0.2, -0.15) is 0 Å². The van der Waals surface area contributed by atoms with Gasteiger partial charge in [-0.15, -0.1) is 0 Å². The number of hydrogen-bond acceptors (Lipinski definition) is 3. The standard InChI is InChI=1S/C11H23NO3/c1-5-7-12(8-9-13)10(14)11(3,6-2)15-4/h13H,5-9H2,1-4H3. The van der Waals surface area contributed by atoms with E-state index in [2.05, 4.69) is 0 Å². The van der Waals surface area contributed by atoms with Crippen LogP contribution in [0, 0.1) is 0 Å². The van der Waals surface area contributed by atoms with Crippen molar-refractivity contribution in [3.8, 4) is 0 Å². The quantitative estimate of drug-likeness (QED) is 0.693. The molecule has 4 nitrogen and oxygen atoms in total. The largest absolute Gasteiger partial charge is 0.395 e. The maximum atomic E-state index is 12.1. The molecule has 0 rings (SSSR count). The van der Waals surface area contributed by atoms with Crippen molar-refractivity contribution in [3.05, 3.63) is 0 Å². The molecule has 0 aromatic heterocycles. The molecule has 0 heterocycles. The van der Waals surface area contributed by atoms with Gasteiger partial charge in [0.2, 0.25) is 0 Å². The summed E-state index contributed by atoms with van der Waals surface area (Å²) in [4.78, 5) is 13.8. The lowest BCUT2D eigenvalue weighted by Crippen LogP contribution is -2.49. The third kappa shape index (κ3) is 3.80. The molecule has 0 saturated carbocycles. The van der Waals surface area contributed by atoms with Crippen LogP contribution in [0.4, 0.5) is 0 Å². The van der Waals surface area contributed by atoms with Crippen molar-refractivity contribution in [2.24, 2.45) is 0 Å². The molecule has 15 heavy (non-hydrogen) atoms. The topological polar surface area (TPSA) is 49.8 Å². The van der Waals surface area contributed by atoms with Gasteiger partial charge in [-0.1, -0.05) is 13.8 Å². The van der Waals surface area contributed by atoms with Gasteiger partial charge in [-0.3, -0.25) is 4.79 Å². The molecule has 0 saturated heterocycles. The maximum absolute atomic E-state index is 12.1. The lowest BCUT2D eigenvalue weighted by atomic mass is 10.0. The summed E-state index contributed by atoms with van der Waals surface area (Å²) >= 11 is 0. The first-order valence-corrected chi connectivity index (χ1v) is 5.51. The van der Waals surface area contributed by atoms with E-state index in [0.29, 0.717) is 19.5 Å². The van der Waals surface area contributed by atoms with Crippen molar-refractivity contribution in [2.75, 3.05) is 26.8 Å². The van der Waals surface area contributed by atoms with E-state index >= 15 is 0 Å². The zero-order valence-corrected chi connectivity index (χ0v) is 10.2. The number of carbonyl (C=O) groups is 1.